The third-order valence-corrected chi connectivity index (χ3v) is 2.02. The molecule has 3 N–H and O–H groups in total. The lowest BCUT2D eigenvalue weighted by atomic mass is 10.4. The van der Waals surface area contributed by atoms with Gasteiger partial charge in [0.05, 0.1) is 6.54 Å². The number of nitrogens with zero attached hydrogens (tertiary/aromatic N) is 2. The predicted molar refractivity (Wildman–Crippen MR) is 58.0 cm³/mol. The van der Waals surface area contributed by atoms with E-state index in [1.165, 1.54) is 13.2 Å². The van der Waals surface area contributed by atoms with E-state index in [2.05, 4.69) is 15.3 Å². The van der Waals surface area contributed by atoms with Crippen LogP contribution in [0, 0.1) is 0 Å². The molecule has 0 unspecified atom stereocenters. The lowest BCUT2D eigenvalue weighted by molar-refractivity contribution is -0.119. The Hall–Kier alpha value is -2.64. The minimum Gasteiger partial charge on any atom is -0.446 e. The molecule has 0 saturated carbocycles. The van der Waals surface area contributed by atoms with Crippen LogP contribution in [0.5, 0.6) is 0 Å². The van der Waals surface area contributed by atoms with Gasteiger partial charge in [0.15, 0.2) is 11.4 Å². The number of carbonyl (C=O) groups is 2. The number of hydrogen-bond donors (Lipinski definition) is 2. The number of primary amides is 1. The quantitative estimate of drug-likeness (QED) is 0.790. The van der Waals surface area contributed by atoms with E-state index in [4.69, 9.17) is 14.6 Å². The van der Waals surface area contributed by atoms with Gasteiger partial charge in [-0.3, -0.25) is 9.59 Å². The van der Waals surface area contributed by atoms with Crippen LogP contribution in [-0.4, -0.2) is 21.8 Å². The molecule has 0 saturated heterocycles. The molecule has 0 aliphatic carbocycles. The number of nitrogens with one attached hydrogen (secondary N) is 1. The molecule has 0 spiro atoms. The second-order valence-corrected chi connectivity index (χ2v) is 3.44. The molecule has 94 valence electrons. The van der Waals surface area contributed by atoms with E-state index in [0.29, 0.717) is 11.6 Å². The van der Waals surface area contributed by atoms with Crippen LogP contribution in [0.15, 0.2) is 21.4 Å². The number of amides is 2. The van der Waals surface area contributed by atoms with E-state index >= 15 is 0 Å². The Labute approximate surface area is 101 Å². The van der Waals surface area contributed by atoms with Gasteiger partial charge in [-0.15, -0.1) is 0 Å². The summed E-state index contributed by atoms with van der Waals surface area (Å²) in [5.41, 5.74) is 5.37. The minimum absolute atomic E-state index is 0.0106. The van der Waals surface area contributed by atoms with Crippen molar-refractivity contribution in [1.82, 2.24) is 15.3 Å². The van der Waals surface area contributed by atoms with Gasteiger partial charge in [0.25, 0.3) is 5.91 Å². The third kappa shape index (κ3) is 2.54. The second kappa shape index (κ2) is 4.70. The van der Waals surface area contributed by atoms with E-state index in [9.17, 15) is 9.59 Å². The summed E-state index contributed by atoms with van der Waals surface area (Å²) < 4.78 is 10.1. The highest BCUT2D eigenvalue weighted by atomic mass is 16.4. The monoisotopic (exact) mass is 250 g/mol. The Balaban J connectivity index is 2.13. The summed E-state index contributed by atoms with van der Waals surface area (Å²) in [6, 6.07) is 0. The van der Waals surface area contributed by atoms with Crippen molar-refractivity contribution in [2.75, 3.05) is 0 Å². The molecule has 0 aliphatic heterocycles. The second-order valence-electron chi connectivity index (χ2n) is 3.44. The molecule has 0 fully saturated rings. The summed E-state index contributed by atoms with van der Waals surface area (Å²) in [5.74, 6) is -0.450. The molecule has 2 amide bonds. The van der Waals surface area contributed by atoms with Crippen LogP contribution in [0.25, 0.3) is 11.6 Å². The van der Waals surface area contributed by atoms with Gasteiger partial charge in [-0.25, -0.2) is 9.97 Å². The van der Waals surface area contributed by atoms with Crippen LogP contribution < -0.4 is 11.1 Å². The number of oxazole rings is 2. The maximum atomic E-state index is 10.8. The molecular weight excluding hydrogens is 240 g/mol. The van der Waals surface area contributed by atoms with Gasteiger partial charge in [-0.2, -0.15) is 0 Å². The summed E-state index contributed by atoms with van der Waals surface area (Å²) in [6.45, 7) is 1.55. The van der Waals surface area contributed by atoms with Gasteiger partial charge >= 0.3 is 0 Å². The minimum atomic E-state index is -0.688. The molecule has 2 rings (SSSR count). The summed E-state index contributed by atoms with van der Waals surface area (Å²) in [5, 5.41) is 2.53. The molecule has 0 atom stereocenters. The number of hydrogen-bond acceptors (Lipinski definition) is 6. The molecular formula is C10H10N4O4. The molecule has 0 bridgehead atoms. The lowest BCUT2D eigenvalue weighted by Gasteiger charge is -1.94. The number of nitrogens with two attached hydrogens (primary N) is 1. The zero-order valence-electron chi connectivity index (χ0n) is 9.47. The van der Waals surface area contributed by atoms with Crippen molar-refractivity contribution in [2.24, 2.45) is 5.73 Å². The third-order valence-electron chi connectivity index (χ3n) is 2.02. The average molecular weight is 250 g/mol. The Bertz CT molecular complexity index is 586. The normalized spacial score (nSPS) is 10.3. The maximum Gasteiger partial charge on any atom is 0.270 e. The Morgan fingerprint density at radius 1 is 1.33 bits per heavy atom. The van der Waals surface area contributed by atoms with Gasteiger partial charge in [-0.1, -0.05) is 0 Å². The van der Waals surface area contributed by atoms with Gasteiger partial charge in [0, 0.05) is 6.92 Å². The topological polar surface area (TPSA) is 124 Å². The highest BCUT2D eigenvalue weighted by Gasteiger charge is 2.14. The lowest BCUT2D eigenvalue weighted by Crippen LogP contribution is -2.18. The van der Waals surface area contributed by atoms with Gasteiger partial charge < -0.3 is 19.9 Å². The fourth-order valence-corrected chi connectivity index (χ4v) is 1.19. The Morgan fingerprint density at radius 2 is 2.11 bits per heavy atom. The van der Waals surface area contributed by atoms with Crippen molar-refractivity contribution in [3.05, 3.63) is 24.1 Å². The van der Waals surface area contributed by atoms with E-state index in [1.807, 2.05) is 0 Å². The van der Waals surface area contributed by atoms with Crippen molar-refractivity contribution in [3.63, 3.8) is 0 Å². The number of rotatable bonds is 4. The molecule has 2 heterocycles. The predicted octanol–water partition coefficient (Wildman–Crippen LogP) is 0.0646. The van der Waals surface area contributed by atoms with Crippen LogP contribution in [0.4, 0.5) is 0 Å². The van der Waals surface area contributed by atoms with Crippen LogP contribution in [0.3, 0.4) is 0 Å². The highest BCUT2D eigenvalue weighted by Crippen LogP contribution is 2.17. The van der Waals surface area contributed by atoms with Crippen molar-refractivity contribution in [3.8, 4) is 11.6 Å². The van der Waals surface area contributed by atoms with Crippen LogP contribution in [0.2, 0.25) is 0 Å². The molecule has 0 radical (unpaired) electrons. The van der Waals surface area contributed by atoms with Crippen LogP contribution in [0.1, 0.15) is 23.3 Å². The van der Waals surface area contributed by atoms with Gasteiger partial charge in [0.2, 0.25) is 17.7 Å². The first-order chi connectivity index (χ1) is 8.56. The zero-order chi connectivity index (χ0) is 13.1. The molecule has 2 aromatic rings. The van der Waals surface area contributed by atoms with Crippen molar-refractivity contribution < 1.29 is 18.4 Å². The van der Waals surface area contributed by atoms with Crippen LogP contribution in [-0.2, 0) is 11.3 Å². The fourth-order valence-electron chi connectivity index (χ4n) is 1.19. The largest absolute Gasteiger partial charge is 0.446 e. The average Bonchev–Trinajstić information content (AvgIpc) is 2.95. The summed E-state index contributed by atoms with van der Waals surface area (Å²) in [6.07, 6.45) is 2.45. The van der Waals surface area contributed by atoms with Gasteiger partial charge in [-0.05, 0) is 0 Å². The molecule has 8 heteroatoms. The number of aromatic nitrogens is 2. The van der Waals surface area contributed by atoms with E-state index in [0.717, 1.165) is 6.26 Å². The first kappa shape index (κ1) is 11.8. The smallest absolute Gasteiger partial charge is 0.270 e. The van der Waals surface area contributed by atoms with Gasteiger partial charge in [0.1, 0.15) is 12.5 Å². The molecule has 18 heavy (non-hydrogen) atoms. The van der Waals surface area contributed by atoms with Crippen LogP contribution >= 0.6 is 0 Å². The Kier molecular flexibility index (Phi) is 3.09. The fraction of sp³-hybridized carbons (Fsp3) is 0.200. The highest BCUT2D eigenvalue weighted by molar-refractivity contribution is 5.90. The standard InChI is InChI=1S/C10H10N4O4/c1-5(15)12-2-8-13-7(4-17-8)10-14-6(3-18-10)9(11)16/h3-4H,2H2,1H3,(H2,11,16)(H,12,15). The summed E-state index contributed by atoms with van der Waals surface area (Å²) in [4.78, 5) is 29.4. The van der Waals surface area contributed by atoms with Crippen molar-refractivity contribution in [1.29, 1.82) is 0 Å². The first-order valence-corrected chi connectivity index (χ1v) is 5.01. The summed E-state index contributed by atoms with van der Waals surface area (Å²) in [7, 11) is 0. The van der Waals surface area contributed by atoms with Crippen molar-refractivity contribution >= 4 is 11.8 Å². The molecule has 2 aromatic heterocycles. The summed E-state index contributed by atoms with van der Waals surface area (Å²) >= 11 is 0. The molecule has 0 aromatic carbocycles. The zero-order valence-corrected chi connectivity index (χ0v) is 9.47. The first-order valence-electron chi connectivity index (χ1n) is 5.01. The molecule has 8 nitrogen and oxygen atoms in total. The SMILES string of the molecule is CC(=O)NCc1nc(-c2nc(C(N)=O)co2)co1. The van der Waals surface area contributed by atoms with E-state index in [1.54, 1.807) is 0 Å². The van der Waals surface area contributed by atoms with E-state index in [-0.39, 0.29) is 24.0 Å². The maximum absolute atomic E-state index is 10.8. The number of carbonyl (C=O) groups excluding carboxylic acids is 2. The Morgan fingerprint density at radius 3 is 2.72 bits per heavy atom. The van der Waals surface area contributed by atoms with E-state index < -0.39 is 5.91 Å². The van der Waals surface area contributed by atoms with Crippen molar-refractivity contribution in [2.45, 2.75) is 13.5 Å². The molecule has 0 aliphatic rings.